The number of likely N-dealkylation sites (tertiary alicyclic amines) is 1. The fourth-order valence-corrected chi connectivity index (χ4v) is 3.54. The quantitative estimate of drug-likeness (QED) is 0.588. The molecular weight excluding hydrogens is 340 g/mol. The van der Waals surface area contributed by atoms with Crippen LogP contribution in [0.5, 0.6) is 0 Å². The number of methoxy groups -OCH3 is 1. The first-order valence-electron chi connectivity index (χ1n) is 9.23. The Morgan fingerprint density at radius 2 is 2.12 bits per heavy atom. The van der Waals surface area contributed by atoms with Crippen molar-refractivity contribution in [3.63, 3.8) is 0 Å². The minimum absolute atomic E-state index is 0.160. The van der Waals surface area contributed by atoms with Crippen LogP contribution in [0.25, 0.3) is 0 Å². The Hall–Kier alpha value is -1.40. The van der Waals surface area contributed by atoms with E-state index in [1.165, 1.54) is 32.9 Å². The van der Waals surface area contributed by atoms with Crippen LogP contribution in [-0.2, 0) is 4.74 Å². The maximum absolute atomic E-state index is 11.9. The number of halogens is 1. The molecule has 1 aliphatic carbocycles. The van der Waals surface area contributed by atoms with Crippen LogP contribution in [0, 0.1) is 0 Å². The lowest BCUT2D eigenvalue weighted by molar-refractivity contribution is 0.0593. The van der Waals surface area contributed by atoms with Gasteiger partial charge in [0.25, 0.3) is 0 Å². The summed E-state index contributed by atoms with van der Waals surface area (Å²) < 4.78 is 4.80. The van der Waals surface area contributed by atoms with Crippen molar-refractivity contribution in [2.24, 2.45) is 0 Å². The monoisotopic (exact) mass is 366 g/mol. The van der Waals surface area contributed by atoms with Gasteiger partial charge in [-0.05, 0) is 45.6 Å². The molecule has 0 amide bonds. The molecule has 2 heterocycles. The predicted molar refractivity (Wildman–Crippen MR) is 98.3 cm³/mol. The summed E-state index contributed by atoms with van der Waals surface area (Å²) in [6, 6.07) is 0.670. The number of carbonyl (C=O) groups is 1. The van der Waals surface area contributed by atoms with Crippen molar-refractivity contribution < 1.29 is 9.53 Å². The standard InChI is InChI=1S/C18H27ClN4O2/c1-12-6-3-4-10-23(12)11-5-9-20-17-14(19)15(18(24)25-2)21-16(22-17)13-7-8-13/h12-13H,3-11H2,1-2H3,(H,20,21,22). The number of nitrogens with zero attached hydrogens (tertiary/aromatic N) is 3. The van der Waals surface area contributed by atoms with E-state index in [4.69, 9.17) is 16.3 Å². The molecule has 6 nitrogen and oxygen atoms in total. The van der Waals surface area contributed by atoms with Gasteiger partial charge in [0.05, 0.1) is 7.11 Å². The molecule has 0 spiro atoms. The zero-order chi connectivity index (χ0) is 17.8. The van der Waals surface area contributed by atoms with Gasteiger partial charge >= 0.3 is 5.97 Å². The number of aromatic nitrogens is 2. The summed E-state index contributed by atoms with van der Waals surface area (Å²) in [4.78, 5) is 23.3. The van der Waals surface area contributed by atoms with Gasteiger partial charge in [0.2, 0.25) is 0 Å². The predicted octanol–water partition coefficient (Wildman–Crippen LogP) is 3.47. The van der Waals surface area contributed by atoms with E-state index in [9.17, 15) is 4.79 Å². The molecule has 2 fully saturated rings. The summed E-state index contributed by atoms with van der Waals surface area (Å²) in [5.41, 5.74) is 0.160. The number of carbonyl (C=O) groups excluding carboxylic acids is 1. The van der Waals surface area contributed by atoms with Crippen LogP contribution in [0.4, 0.5) is 5.82 Å². The second kappa shape index (κ2) is 8.32. The third-order valence-corrected chi connectivity index (χ3v) is 5.40. The molecule has 0 bridgehead atoms. The van der Waals surface area contributed by atoms with E-state index in [1.54, 1.807) is 0 Å². The second-order valence-electron chi connectivity index (χ2n) is 7.02. The molecule has 0 aromatic carbocycles. The minimum atomic E-state index is -0.514. The maximum atomic E-state index is 11.9. The molecule has 1 unspecified atom stereocenters. The first-order chi connectivity index (χ1) is 12.1. The molecule has 1 saturated carbocycles. The molecule has 1 aliphatic heterocycles. The van der Waals surface area contributed by atoms with Crippen molar-refractivity contribution in [3.05, 3.63) is 16.5 Å². The van der Waals surface area contributed by atoms with Gasteiger partial charge in [0.1, 0.15) is 16.7 Å². The summed E-state index contributed by atoms with van der Waals surface area (Å²) in [6.45, 7) is 5.33. The van der Waals surface area contributed by atoms with E-state index in [0.29, 0.717) is 23.6 Å². The van der Waals surface area contributed by atoms with Crippen LogP contribution in [0.2, 0.25) is 5.02 Å². The Kier molecular flexibility index (Phi) is 6.12. The summed E-state index contributed by atoms with van der Waals surface area (Å²) in [5.74, 6) is 1.07. The minimum Gasteiger partial charge on any atom is -0.464 e. The molecular formula is C18H27ClN4O2. The number of piperidine rings is 1. The maximum Gasteiger partial charge on any atom is 0.358 e. The average molecular weight is 367 g/mol. The van der Waals surface area contributed by atoms with Crippen LogP contribution in [0.3, 0.4) is 0 Å². The lowest BCUT2D eigenvalue weighted by Crippen LogP contribution is -2.38. The van der Waals surface area contributed by atoms with Gasteiger partial charge in [-0.25, -0.2) is 14.8 Å². The Morgan fingerprint density at radius 3 is 2.80 bits per heavy atom. The van der Waals surface area contributed by atoms with Gasteiger partial charge in [0.15, 0.2) is 5.69 Å². The Bertz CT molecular complexity index is 621. The van der Waals surface area contributed by atoms with Gasteiger partial charge in [0, 0.05) is 25.0 Å². The normalized spacial score (nSPS) is 21.2. The number of nitrogens with one attached hydrogen (secondary N) is 1. The Labute approximate surface area is 154 Å². The van der Waals surface area contributed by atoms with Gasteiger partial charge in [-0.15, -0.1) is 0 Å². The molecule has 3 rings (SSSR count). The van der Waals surface area contributed by atoms with Crippen LogP contribution in [0.1, 0.15) is 67.7 Å². The molecule has 1 atom stereocenters. The first kappa shape index (κ1) is 18.4. The summed E-state index contributed by atoms with van der Waals surface area (Å²) in [5, 5.41) is 3.54. The van der Waals surface area contributed by atoms with E-state index in [2.05, 4.69) is 27.1 Å². The number of anilines is 1. The third kappa shape index (κ3) is 4.61. The molecule has 2 aliphatic rings. The van der Waals surface area contributed by atoms with E-state index in [1.807, 2.05) is 0 Å². The highest BCUT2D eigenvalue weighted by Gasteiger charge is 2.30. The van der Waals surface area contributed by atoms with E-state index in [-0.39, 0.29) is 10.7 Å². The zero-order valence-electron chi connectivity index (χ0n) is 15.1. The van der Waals surface area contributed by atoms with Crippen LogP contribution in [0.15, 0.2) is 0 Å². The van der Waals surface area contributed by atoms with Crippen molar-refractivity contribution >= 4 is 23.4 Å². The van der Waals surface area contributed by atoms with Gasteiger partial charge in [-0.2, -0.15) is 0 Å². The molecule has 138 valence electrons. The van der Waals surface area contributed by atoms with Crippen molar-refractivity contribution in [2.45, 2.75) is 57.4 Å². The smallest absolute Gasteiger partial charge is 0.358 e. The van der Waals surface area contributed by atoms with E-state index >= 15 is 0 Å². The lowest BCUT2D eigenvalue weighted by Gasteiger charge is -2.33. The Balaban J connectivity index is 1.61. The SMILES string of the molecule is COC(=O)c1nc(C2CC2)nc(NCCCN2CCCCC2C)c1Cl. The first-order valence-corrected chi connectivity index (χ1v) is 9.61. The molecule has 1 aromatic rings. The van der Waals surface area contributed by atoms with Crippen molar-refractivity contribution in [3.8, 4) is 0 Å². The van der Waals surface area contributed by atoms with Gasteiger partial charge < -0.3 is 15.0 Å². The van der Waals surface area contributed by atoms with Crippen molar-refractivity contribution in [1.82, 2.24) is 14.9 Å². The summed E-state index contributed by atoms with van der Waals surface area (Å²) in [7, 11) is 1.34. The van der Waals surface area contributed by atoms with Crippen LogP contribution >= 0.6 is 11.6 Å². The van der Waals surface area contributed by atoms with Crippen molar-refractivity contribution in [2.75, 3.05) is 32.1 Å². The lowest BCUT2D eigenvalue weighted by atomic mass is 10.0. The topological polar surface area (TPSA) is 67.3 Å². The third-order valence-electron chi connectivity index (χ3n) is 5.04. The largest absolute Gasteiger partial charge is 0.464 e. The molecule has 25 heavy (non-hydrogen) atoms. The highest BCUT2D eigenvalue weighted by molar-refractivity contribution is 6.35. The second-order valence-corrected chi connectivity index (χ2v) is 7.40. The number of hydrogen-bond acceptors (Lipinski definition) is 6. The zero-order valence-corrected chi connectivity index (χ0v) is 15.8. The highest BCUT2D eigenvalue weighted by atomic mass is 35.5. The van der Waals surface area contributed by atoms with Gasteiger partial charge in [-0.1, -0.05) is 18.0 Å². The van der Waals surface area contributed by atoms with Crippen LogP contribution < -0.4 is 5.32 Å². The Morgan fingerprint density at radius 1 is 1.32 bits per heavy atom. The van der Waals surface area contributed by atoms with E-state index < -0.39 is 5.97 Å². The molecule has 7 heteroatoms. The average Bonchev–Trinajstić information content (AvgIpc) is 3.45. The molecule has 1 saturated heterocycles. The number of ether oxygens (including phenoxy) is 1. The number of rotatable bonds is 7. The number of hydrogen-bond donors (Lipinski definition) is 1. The van der Waals surface area contributed by atoms with E-state index in [0.717, 1.165) is 32.4 Å². The molecule has 1 aromatic heterocycles. The van der Waals surface area contributed by atoms with Gasteiger partial charge in [-0.3, -0.25) is 0 Å². The highest BCUT2D eigenvalue weighted by Crippen LogP contribution is 2.39. The van der Waals surface area contributed by atoms with Crippen molar-refractivity contribution in [1.29, 1.82) is 0 Å². The summed E-state index contributed by atoms with van der Waals surface area (Å²) in [6.07, 6.45) is 7.06. The molecule has 0 radical (unpaired) electrons. The molecule has 1 N–H and O–H groups in total. The number of esters is 1. The fraction of sp³-hybridized carbons (Fsp3) is 0.722. The fourth-order valence-electron chi connectivity index (χ4n) is 3.32. The van der Waals surface area contributed by atoms with Crippen LogP contribution in [-0.4, -0.2) is 53.6 Å². The summed E-state index contributed by atoms with van der Waals surface area (Å²) >= 11 is 6.33.